The summed E-state index contributed by atoms with van der Waals surface area (Å²) in [7, 11) is 0. The first kappa shape index (κ1) is 18.9. The van der Waals surface area contributed by atoms with Crippen LogP contribution in [0.15, 0.2) is 108 Å². The number of aromatic nitrogens is 4. The fraction of sp³-hybridized carbons (Fsp3) is 0. The third-order valence-electron chi connectivity index (χ3n) is 5.69. The lowest BCUT2D eigenvalue weighted by Gasteiger charge is -2.09. The Bertz CT molecular complexity index is 1570. The van der Waals surface area contributed by atoms with Crippen LogP contribution in [0, 0.1) is 0 Å². The van der Waals surface area contributed by atoms with Crippen LogP contribution in [0.25, 0.3) is 50.0 Å². The van der Waals surface area contributed by atoms with E-state index in [-0.39, 0.29) is 0 Å². The summed E-state index contributed by atoms with van der Waals surface area (Å²) < 4.78 is 3.39. The first-order valence-corrected chi connectivity index (χ1v) is 11.1. The summed E-state index contributed by atoms with van der Waals surface area (Å²) in [5.41, 5.74) is 6.72. The predicted molar refractivity (Wildman–Crippen MR) is 133 cm³/mol. The van der Waals surface area contributed by atoms with Crippen molar-refractivity contribution in [1.82, 2.24) is 19.5 Å². The van der Waals surface area contributed by atoms with Crippen LogP contribution >= 0.6 is 15.9 Å². The zero-order valence-electron chi connectivity index (χ0n) is 17.0. The summed E-state index contributed by atoms with van der Waals surface area (Å²) in [5.74, 6) is 0.668. The third kappa shape index (κ3) is 3.18. The molecule has 2 heterocycles. The molecule has 5 heteroatoms. The topological polar surface area (TPSA) is 43.6 Å². The normalized spacial score (nSPS) is 11.3. The van der Waals surface area contributed by atoms with Crippen molar-refractivity contribution in [3.8, 4) is 28.2 Å². The second kappa shape index (κ2) is 7.70. The first-order valence-electron chi connectivity index (χ1n) is 10.3. The van der Waals surface area contributed by atoms with Gasteiger partial charge in [0.25, 0.3) is 0 Å². The largest absolute Gasteiger partial charge is 0.309 e. The zero-order valence-corrected chi connectivity index (χ0v) is 18.6. The van der Waals surface area contributed by atoms with Crippen LogP contribution in [0.4, 0.5) is 0 Å². The number of fused-ring (bicyclic) bond motifs is 3. The molecule has 2 aromatic heterocycles. The third-order valence-corrected chi connectivity index (χ3v) is 6.18. The van der Waals surface area contributed by atoms with Crippen molar-refractivity contribution in [2.75, 3.05) is 0 Å². The summed E-state index contributed by atoms with van der Waals surface area (Å²) in [6.07, 6.45) is 3.06. The van der Waals surface area contributed by atoms with Gasteiger partial charge in [0.2, 0.25) is 0 Å². The Balaban J connectivity index is 1.67. The molecule has 0 aliphatic heterocycles. The molecule has 152 valence electrons. The predicted octanol–water partition coefficient (Wildman–Crippen LogP) is 7.07. The van der Waals surface area contributed by atoms with E-state index in [4.69, 9.17) is 0 Å². The molecular weight excluding hydrogens is 460 g/mol. The van der Waals surface area contributed by atoms with Crippen LogP contribution in [0.2, 0.25) is 0 Å². The lowest BCUT2D eigenvalue weighted by molar-refractivity contribution is 1.06. The van der Waals surface area contributed by atoms with E-state index in [2.05, 4.69) is 114 Å². The first-order chi connectivity index (χ1) is 15.8. The van der Waals surface area contributed by atoms with Gasteiger partial charge in [0.1, 0.15) is 12.7 Å². The number of benzene rings is 4. The summed E-state index contributed by atoms with van der Waals surface area (Å²) in [6.45, 7) is 0. The number of rotatable bonds is 3. The lowest BCUT2D eigenvalue weighted by Crippen LogP contribution is -1.94. The molecule has 0 N–H and O–H groups in total. The van der Waals surface area contributed by atoms with E-state index in [1.165, 1.54) is 34.6 Å². The van der Waals surface area contributed by atoms with E-state index >= 15 is 0 Å². The Morgan fingerprint density at radius 1 is 0.594 bits per heavy atom. The van der Waals surface area contributed by atoms with Crippen molar-refractivity contribution in [3.63, 3.8) is 0 Å². The molecule has 4 aromatic carbocycles. The highest BCUT2D eigenvalue weighted by atomic mass is 79.9. The van der Waals surface area contributed by atoms with Gasteiger partial charge in [-0.25, -0.2) is 15.0 Å². The van der Waals surface area contributed by atoms with Crippen LogP contribution in [-0.4, -0.2) is 19.5 Å². The maximum absolute atomic E-state index is 4.34. The fourth-order valence-corrected chi connectivity index (χ4v) is 4.65. The lowest BCUT2D eigenvalue weighted by atomic mass is 10.0. The van der Waals surface area contributed by atoms with E-state index in [0.717, 1.165) is 26.8 Å². The van der Waals surface area contributed by atoms with Crippen molar-refractivity contribution in [1.29, 1.82) is 0 Å². The van der Waals surface area contributed by atoms with E-state index in [9.17, 15) is 0 Å². The second-order valence-electron chi connectivity index (χ2n) is 7.61. The number of hydrogen-bond donors (Lipinski definition) is 0. The molecule has 0 saturated carbocycles. The maximum Gasteiger partial charge on any atom is 0.162 e. The summed E-state index contributed by atoms with van der Waals surface area (Å²) in [6, 6.07) is 31.9. The molecule has 6 rings (SSSR count). The van der Waals surface area contributed by atoms with Gasteiger partial charge in [-0.15, -0.1) is 0 Å². The quantitative estimate of drug-likeness (QED) is 0.274. The van der Waals surface area contributed by atoms with Crippen molar-refractivity contribution < 1.29 is 0 Å². The van der Waals surface area contributed by atoms with Crippen molar-refractivity contribution in [3.05, 3.63) is 108 Å². The van der Waals surface area contributed by atoms with Gasteiger partial charge >= 0.3 is 0 Å². The highest BCUT2D eigenvalue weighted by molar-refractivity contribution is 9.10. The molecule has 0 saturated heterocycles. The summed E-state index contributed by atoms with van der Waals surface area (Å²) in [5, 5.41) is 2.41. The van der Waals surface area contributed by atoms with Gasteiger partial charge in [-0.2, -0.15) is 0 Å². The number of halogens is 1. The minimum Gasteiger partial charge on any atom is -0.309 e. The standard InChI is InChI=1S/C27H17BrN4/c28-21-6-4-5-18(13-21)19-9-11-23-24-12-10-20(27-30-16-29-17-31-27)15-26(24)32(25(23)14-19)22-7-2-1-3-8-22/h1-17H. The molecular formula is C27H17BrN4. The highest BCUT2D eigenvalue weighted by Gasteiger charge is 2.15. The maximum atomic E-state index is 4.34. The Morgan fingerprint density at radius 2 is 1.25 bits per heavy atom. The molecule has 0 aliphatic carbocycles. The van der Waals surface area contributed by atoms with Gasteiger partial charge < -0.3 is 4.57 Å². The van der Waals surface area contributed by atoms with E-state index in [1.54, 1.807) is 0 Å². The Morgan fingerprint density at radius 3 is 1.97 bits per heavy atom. The Hall–Kier alpha value is -3.83. The Labute approximate surface area is 193 Å². The van der Waals surface area contributed by atoms with Crippen LogP contribution in [0.1, 0.15) is 0 Å². The molecule has 0 atom stereocenters. The van der Waals surface area contributed by atoms with Crippen LogP contribution in [-0.2, 0) is 0 Å². The van der Waals surface area contributed by atoms with Crippen LogP contribution in [0.5, 0.6) is 0 Å². The van der Waals surface area contributed by atoms with E-state index < -0.39 is 0 Å². The van der Waals surface area contributed by atoms with Crippen molar-refractivity contribution >= 4 is 37.7 Å². The number of nitrogens with zero attached hydrogens (tertiary/aromatic N) is 4. The highest BCUT2D eigenvalue weighted by Crippen LogP contribution is 2.36. The van der Waals surface area contributed by atoms with Gasteiger partial charge in [-0.3, -0.25) is 0 Å². The van der Waals surface area contributed by atoms with Crippen LogP contribution in [0.3, 0.4) is 0 Å². The molecule has 6 aromatic rings. The van der Waals surface area contributed by atoms with Crippen molar-refractivity contribution in [2.45, 2.75) is 0 Å². The molecule has 0 unspecified atom stereocenters. The smallest absolute Gasteiger partial charge is 0.162 e. The van der Waals surface area contributed by atoms with E-state index in [0.29, 0.717) is 5.82 Å². The molecule has 4 nitrogen and oxygen atoms in total. The molecule has 0 radical (unpaired) electrons. The summed E-state index contributed by atoms with van der Waals surface area (Å²) in [4.78, 5) is 12.6. The van der Waals surface area contributed by atoms with Crippen LogP contribution < -0.4 is 0 Å². The molecule has 0 amide bonds. The summed E-state index contributed by atoms with van der Waals surface area (Å²) >= 11 is 3.60. The number of hydrogen-bond acceptors (Lipinski definition) is 3. The molecule has 0 fully saturated rings. The zero-order chi connectivity index (χ0) is 21.5. The number of para-hydroxylation sites is 1. The SMILES string of the molecule is Brc1cccc(-c2ccc3c4ccc(-c5ncncn5)cc4n(-c4ccccc4)c3c2)c1. The van der Waals surface area contributed by atoms with Crippen molar-refractivity contribution in [2.24, 2.45) is 0 Å². The monoisotopic (exact) mass is 476 g/mol. The van der Waals surface area contributed by atoms with E-state index in [1.807, 2.05) is 12.1 Å². The molecule has 0 aliphatic rings. The molecule has 0 bridgehead atoms. The molecule has 32 heavy (non-hydrogen) atoms. The fourth-order valence-electron chi connectivity index (χ4n) is 4.25. The average molecular weight is 477 g/mol. The second-order valence-corrected chi connectivity index (χ2v) is 8.52. The van der Waals surface area contributed by atoms with Gasteiger partial charge in [0.15, 0.2) is 5.82 Å². The van der Waals surface area contributed by atoms with Gasteiger partial charge in [0.05, 0.1) is 11.0 Å². The molecule has 0 spiro atoms. The average Bonchev–Trinajstić information content (AvgIpc) is 3.18. The minimum absolute atomic E-state index is 0.668. The van der Waals surface area contributed by atoms with Gasteiger partial charge in [-0.1, -0.05) is 70.5 Å². The van der Waals surface area contributed by atoms with Gasteiger partial charge in [0, 0.05) is 26.5 Å². The minimum atomic E-state index is 0.668. The Kier molecular flexibility index (Phi) is 4.55. The van der Waals surface area contributed by atoms with Gasteiger partial charge in [-0.05, 0) is 47.5 Å².